The SMILES string of the molecule is C=CCOCCCCCS. The van der Waals surface area contributed by atoms with E-state index in [1.54, 1.807) is 6.08 Å². The van der Waals surface area contributed by atoms with Crippen molar-refractivity contribution in [3.63, 3.8) is 0 Å². The molecule has 0 atom stereocenters. The van der Waals surface area contributed by atoms with E-state index in [1.807, 2.05) is 0 Å². The first-order chi connectivity index (χ1) is 4.91. The number of thiol groups is 1. The molecule has 0 fully saturated rings. The topological polar surface area (TPSA) is 9.23 Å². The fourth-order valence-electron chi connectivity index (χ4n) is 0.659. The Kier molecular flexibility index (Phi) is 9.10. The normalized spacial score (nSPS) is 9.70. The summed E-state index contributed by atoms with van der Waals surface area (Å²) in [6, 6.07) is 0. The van der Waals surface area contributed by atoms with Gasteiger partial charge in [0.25, 0.3) is 0 Å². The van der Waals surface area contributed by atoms with Gasteiger partial charge in [-0.05, 0) is 18.6 Å². The number of hydrogen-bond donors (Lipinski definition) is 1. The minimum absolute atomic E-state index is 0.681. The highest BCUT2D eigenvalue weighted by molar-refractivity contribution is 7.80. The molecule has 2 heteroatoms. The monoisotopic (exact) mass is 160 g/mol. The Morgan fingerprint density at radius 3 is 2.70 bits per heavy atom. The molecule has 0 unspecified atom stereocenters. The van der Waals surface area contributed by atoms with Gasteiger partial charge in [-0.25, -0.2) is 0 Å². The highest BCUT2D eigenvalue weighted by atomic mass is 32.1. The molecule has 0 aromatic heterocycles. The molecule has 0 N–H and O–H groups in total. The van der Waals surface area contributed by atoms with Crippen molar-refractivity contribution in [3.8, 4) is 0 Å². The molecule has 1 nitrogen and oxygen atoms in total. The average molecular weight is 160 g/mol. The molecular formula is C8H16OS. The highest BCUT2D eigenvalue weighted by Crippen LogP contribution is 1.96. The smallest absolute Gasteiger partial charge is 0.0644 e. The molecule has 0 spiro atoms. The predicted octanol–water partition coefficient (Wildman–Crippen LogP) is 2.29. The van der Waals surface area contributed by atoms with Crippen LogP contribution in [-0.4, -0.2) is 19.0 Å². The Labute approximate surface area is 68.9 Å². The average Bonchev–Trinajstić information content (AvgIpc) is 1.97. The van der Waals surface area contributed by atoms with Gasteiger partial charge in [-0.2, -0.15) is 12.6 Å². The van der Waals surface area contributed by atoms with Crippen LogP contribution in [0, 0.1) is 0 Å². The lowest BCUT2D eigenvalue weighted by Crippen LogP contribution is -1.93. The van der Waals surface area contributed by atoms with Crippen molar-refractivity contribution in [2.45, 2.75) is 19.3 Å². The third-order valence-electron chi connectivity index (χ3n) is 1.18. The van der Waals surface area contributed by atoms with E-state index in [4.69, 9.17) is 4.74 Å². The minimum Gasteiger partial charge on any atom is -0.377 e. The molecule has 0 saturated heterocycles. The van der Waals surface area contributed by atoms with Crippen molar-refractivity contribution in [1.29, 1.82) is 0 Å². The Morgan fingerprint density at radius 1 is 1.30 bits per heavy atom. The highest BCUT2D eigenvalue weighted by Gasteiger charge is 1.86. The van der Waals surface area contributed by atoms with Crippen LogP contribution in [0.1, 0.15) is 19.3 Å². The maximum atomic E-state index is 5.19. The summed E-state index contributed by atoms with van der Waals surface area (Å²) in [7, 11) is 0. The van der Waals surface area contributed by atoms with Crippen LogP contribution < -0.4 is 0 Å². The zero-order chi connectivity index (χ0) is 7.66. The number of unbranched alkanes of at least 4 members (excludes halogenated alkanes) is 2. The van der Waals surface area contributed by atoms with Gasteiger partial charge in [0.15, 0.2) is 0 Å². The van der Waals surface area contributed by atoms with Crippen molar-refractivity contribution in [2.24, 2.45) is 0 Å². The molecule has 0 aromatic rings. The summed E-state index contributed by atoms with van der Waals surface area (Å²) in [5.41, 5.74) is 0. The van der Waals surface area contributed by atoms with Crippen molar-refractivity contribution in [2.75, 3.05) is 19.0 Å². The first-order valence-corrected chi connectivity index (χ1v) is 4.34. The first-order valence-electron chi connectivity index (χ1n) is 3.71. The molecular weight excluding hydrogens is 144 g/mol. The van der Waals surface area contributed by atoms with Gasteiger partial charge in [0.2, 0.25) is 0 Å². The van der Waals surface area contributed by atoms with E-state index >= 15 is 0 Å². The van der Waals surface area contributed by atoms with E-state index in [0.29, 0.717) is 6.61 Å². The standard InChI is InChI=1S/C8H16OS/c1-2-6-9-7-4-3-5-8-10/h2,10H,1,3-8H2. The molecule has 0 aliphatic heterocycles. The summed E-state index contributed by atoms with van der Waals surface area (Å²) >= 11 is 4.11. The Bertz CT molecular complexity index is 73.7. The summed E-state index contributed by atoms with van der Waals surface area (Å²) in [6.45, 7) is 5.10. The van der Waals surface area contributed by atoms with E-state index in [1.165, 1.54) is 12.8 Å². The van der Waals surface area contributed by atoms with E-state index in [0.717, 1.165) is 18.8 Å². The Morgan fingerprint density at radius 2 is 2.10 bits per heavy atom. The quantitative estimate of drug-likeness (QED) is 0.341. The van der Waals surface area contributed by atoms with E-state index in [-0.39, 0.29) is 0 Å². The summed E-state index contributed by atoms with van der Waals surface area (Å²) < 4.78 is 5.19. The maximum Gasteiger partial charge on any atom is 0.0644 e. The van der Waals surface area contributed by atoms with Crippen molar-refractivity contribution in [3.05, 3.63) is 12.7 Å². The third-order valence-corrected chi connectivity index (χ3v) is 1.50. The van der Waals surface area contributed by atoms with Crippen LogP contribution in [0.4, 0.5) is 0 Å². The zero-order valence-electron chi connectivity index (χ0n) is 6.38. The largest absolute Gasteiger partial charge is 0.377 e. The molecule has 60 valence electrons. The van der Waals surface area contributed by atoms with Crippen LogP contribution in [0.3, 0.4) is 0 Å². The summed E-state index contributed by atoms with van der Waals surface area (Å²) in [6.07, 6.45) is 5.34. The molecule has 0 aromatic carbocycles. The van der Waals surface area contributed by atoms with Gasteiger partial charge in [0.1, 0.15) is 0 Å². The fourth-order valence-corrected chi connectivity index (χ4v) is 0.883. The van der Waals surface area contributed by atoms with Gasteiger partial charge in [-0.15, -0.1) is 6.58 Å². The molecule has 0 amide bonds. The minimum atomic E-state index is 0.681. The Hall–Kier alpha value is 0.0500. The lowest BCUT2D eigenvalue weighted by atomic mass is 10.3. The zero-order valence-corrected chi connectivity index (χ0v) is 7.28. The van der Waals surface area contributed by atoms with Gasteiger partial charge < -0.3 is 4.74 Å². The van der Waals surface area contributed by atoms with Gasteiger partial charge in [-0.3, -0.25) is 0 Å². The van der Waals surface area contributed by atoms with Crippen LogP contribution in [0.5, 0.6) is 0 Å². The van der Waals surface area contributed by atoms with Gasteiger partial charge in [0, 0.05) is 6.61 Å². The summed E-state index contributed by atoms with van der Waals surface area (Å²) in [5, 5.41) is 0. The first kappa shape index (κ1) is 10.0. The van der Waals surface area contributed by atoms with E-state index in [9.17, 15) is 0 Å². The molecule has 0 rings (SSSR count). The second-order valence-electron chi connectivity index (χ2n) is 2.15. The van der Waals surface area contributed by atoms with E-state index < -0.39 is 0 Å². The van der Waals surface area contributed by atoms with Crippen LogP contribution in [0.25, 0.3) is 0 Å². The molecule has 0 aliphatic rings. The van der Waals surface area contributed by atoms with Crippen molar-refractivity contribution < 1.29 is 4.74 Å². The summed E-state index contributed by atoms with van der Waals surface area (Å²) in [4.78, 5) is 0. The van der Waals surface area contributed by atoms with Crippen molar-refractivity contribution in [1.82, 2.24) is 0 Å². The van der Waals surface area contributed by atoms with Gasteiger partial charge in [0.05, 0.1) is 6.61 Å². The predicted molar refractivity (Wildman–Crippen MR) is 48.7 cm³/mol. The van der Waals surface area contributed by atoms with Gasteiger partial charge >= 0.3 is 0 Å². The van der Waals surface area contributed by atoms with Crippen LogP contribution in [0.15, 0.2) is 12.7 Å². The molecule has 0 heterocycles. The number of hydrogen-bond acceptors (Lipinski definition) is 2. The lowest BCUT2D eigenvalue weighted by molar-refractivity contribution is 0.158. The number of ether oxygens (including phenoxy) is 1. The third kappa shape index (κ3) is 8.05. The van der Waals surface area contributed by atoms with Gasteiger partial charge in [-0.1, -0.05) is 12.5 Å². The second kappa shape index (κ2) is 9.05. The summed E-state index contributed by atoms with van der Waals surface area (Å²) in [5.74, 6) is 0.988. The second-order valence-corrected chi connectivity index (χ2v) is 2.60. The molecule has 0 saturated carbocycles. The lowest BCUT2D eigenvalue weighted by Gasteiger charge is -1.98. The fraction of sp³-hybridized carbons (Fsp3) is 0.750. The molecule has 0 aliphatic carbocycles. The molecule has 10 heavy (non-hydrogen) atoms. The van der Waals surface area contributed by atoms with Crippen molar-refractivity contribution >= 4 is 12.6 Å². The molecule has 0 radical (unpaired) electrons. The maximum absolute atomic E-state index is 5.19. The van der Waals surface area contributed by atoms with Crippen LogP contribution in [-0.2, 0) is 4.74 Å². The van der Waals surface area contributed by atoms with Crippen LogP contribution in [0.2, 0.25) is 0 Å². The van der Waals surface area contributed by atoms with Crippen LogP contribution >= 0.6 is 12.6 Å². The number of rotatable bonds is 7. The Balaban J connectivity index is 2.70. The van der Waals surface area contributed by atoms with E-state index in [2.05, 4.69) is 19.2 Å². The molecule has 0 bridgehead atoms.